The van der Waals surface area contributed by atoms with E-state index in [0.717, 1.165) is 47.3 Å². The van der Waals surface area contributed by atoms with E-state index in [1.807, 2.05) is 0 Å². The second-order valence-electron chi connectivity index (χ2n) is 8.43. The minimum Gasteiger partial charge on any atom is -0.464 e. The Morgan fingerprint density at radius 1 is 1.36 bits per heavy atom. The van der Waals surface area contributed by atoms with Crippen LogP contribution in [-0.2, 0) is 24.0 Å². The summed E-state index contributed by atoms with van der Waals surface area (Å²) in [5.74, 6) is -0.915. The first-order valence-electron chi connectivity index (χ1n) is 10.5. The maximum Gasteiger partial charge on any atom is 0.355 e. The van der Waals surface area contributed by atoms with Crippen LogP contribution >= 0.6 is 23.1 Å². The second kappa shape index (κ2) is 9.31. The molecule has 0 radical (unpaired) electrons. The number of fused-ring (bicyclic) bond motifs is 1. The van der Waals surface area contributed by atoms with Gasteiger partial charge < -0.3 is 25.1 Å². The van der Waals surface area contributed by atoms with Crippen LogP contribution in [0.5, 0.6) is 0 Å². The predicted octanol–water partition coefficient (Wildman–Crippen LogP) is 0.143. The number of hydrogen-bond donors (Lipinski definition) is 2. The Bertz CT molecular complexity index is 1030. The zero-order valence-corrected chi connectivity index (χ0v) is 20.3. The van der Waals surface area contributed by atoms with Gasteiger partial charge in [-0.3, -0.25) is 14.5 Å². The third-order valence-electron chi connectivity index (χ3n) is 6.09. The minimum absolute atomic E-state index is 0.0756. The average Bonchev–Trinajstić information content (AvgIpc) is 3.42. The number of ether oxygens (including phenoxy) is 1. The van der Waals surface area contributed by atoms with Gasteiger partial charge in [0, 0.05) is 29.5 Å². The lowest BCUT2D eigenvalue weighted by Crippen LogP contribution is -2.71. The van der Waals surface area contributed by atoms with Crippen molar-refractivity contribution in [1.82, 2.24) is 15.2 Å². The molecule has 3 aliphatic rings. The first-order valence-corrected chi connectivity index (χ1v) is 12.4. The Balaban J connectivity index is 1.54. The standard InChI is InChI=1S/C20H26N6O5S2/c1-26(6-4-5-7-26)8-11-9-32-18-14(17(28)25(18)15(11)19(29)30-2)23-16(27)13(24-31-3)12-10-33-20(21)22-12/h10,14,18H,4-9H2,1-3H3,(H2-,21,22,23,27)/p+1/b24-13-/t14-,18-/m1/s1. The van der Waals surface area contributed by atoms with E-state index in [-0.39, 0.29) is 22.4 Å². The zero-order valence-electron chi connectivity index (χ0n) is 18.7. The van der Waals surface area contributed by atoms with E-state index in [0.29, 0.717) is 18.0 Å². The molecule has 2 atom stereocenters. The molecule has 0 aliphatic carbocycles. The number of carbonyl (C=O) groups excluding carboxylic acids is 3. The molecule has 178 valence electrons. The van der Waals surface area contributed by atoms with Crippen LogP contribution in [0.25, 0.3) is 0 Å². The molecule has 0 saturated carbocycles. The molecule has 3 N–H and O–H groups in total. The molecule has 3 aliphatic heterocycles. The Morgan fingerprint density at radius 2 is 2.09 bits per heavy atom. The van der Waals surface area contributed by atoms with E-state index in [4.69, 9.17) is 15.3 Å². The number of quaternary nitrogens is 1. The third kappa shape index (κ3) is 4.44. The van der Waals surface area contributed by atoms with Crippen LogP contribution in [0.1, 0.15) is 18.5 Å². The van der Waals surface area contributed by atoms with E-state index in [1.165, 1.54) is 30.9 Å². The summed E-state index contributed by atoms with van der Waals surface area (Å²) >= 11 is 2.69. The van der Waals surface area contributed by atoms with Gasteiger partial charge in [-0.15, -0.1) is 23.1 Å². The topological polar surface area (TPSA) is 136 Å². The molecule has 1 aromatic heterocycles. The molecule has 33 heavy (non-hydrogen) atoms. The van der Waals surface area contributed by atoms with Gasteiger partial charge in [0.25, 0.3) is 11.8 Å². The number of β-lactam (4-membered cyclic amide) rings is 1. The maximum absolute atomic E-state index is 13.1. The van der Waals surface area contributed by atoms with Gasteiger partial charge in [-0.05, 0) is 0 Å². The summed E-state index contributed by atoms with van der Waals surface area (Å²) in [6, 6.07) is -0.807. The maximum atomic E-state index is 13.1. The number of anilines is 1. The van der Waals surface area contributed by atoms with Crippen LogP contribution in [0.15, 0.2) is 21.8 Å². The first kappa shape index (κ1) is 23.5. The smallest absolute Gasteiger partial charge is 0.355 e. The number of nitrogens with two attached hydrogens (primary N) is 1. The molecule has 2 saturated heterocycles. The Kier molecular flexibility index (Phi) is 6.64. The molecule has 0 aromatic carbocycles. The van der Waals surface area contributed by atoms with Crippen molar-refractivity contribution in [2.24, 2.45) is 5.16 Å². The summed E-state index contributed by atoms with van der Waals surface area (Å²) in [5.41, 5.74) is 7.06. The summed E-state index contributed by atoms with van der Waals surface area (Å²) in [6.45, 7) is 2.78. The van der Waals surface area contributed by atoms with Gasteiger partial charge in [0.2, 0.25) is 0 Å². The van der Waals surface area contributed by atoms with Gasteiger partial charge in [-0.2, -0.15) is 0 Å². The molecule has 2 amide bonds. The number of nitrogens with zero attached hydrogens (tertiary/aromatic N) is 4. The van der Waals surface area contributed by atoms with E-state index in [1.54, 1.807) is 5.38 Å². The van der Waals surface area contributed by atoms with Gasteiger partial charge in [-0.25, -0.2) is 9.78 Å². The summed E-state index contributed by atoms with van der Waals surface area (Å²) in [4.78, 5) is 49.0. The number of likely N-dealkylation sites (N-methyl/N-ethyl adjacent to an activating group) is 1. The lowest BCUT2D eigenvalue weighted by molar-refractivity contribution is -0.893. The number of amides is 2. The van der Waals surface area contributed by atoms with Gasteiger partial charge in [0.1, 0.15) is 36.5 Å². The lowest BCUT2D eigenvalue weighted by Gasteiger charge is -2.50. The minimum atomic E-state index is -0.807. The van der Waals surface area contributed by atoms with Crippen LogP contribution in [0.2, 0.25) is 0 Å². The fourth-order valence-corrected chi connectivity index (χ4v) is 6.39. The highest BCUT2D eigenvalue weighted by Crippen LogP contribution is 2.41. The number of esters is 1. The summed E-state index contributed by atoms with van der Waals surface area (Å²) in [6.07, 6.45) is 2.31. The van der Waals surface area contributed by atoms with Crippen molar-refractivity contribution >= 4 is 51.7 Å². The highest BCUT2D eigenvalue weighted by Gasteiger charge is 2.55. The second-order valence-corrected chi connectivity index (χ2v) is 10.4. The predicted molar refractivity (Wildman–Crippen MR) is 124 cm³/mol. The average molecular weight is 496 g/mol. The number of aromatic nitrogens is 1. The molecule has 4 heterocycles. The summed E-state index contributed by atoms with van der Waals surface area (Å²) < 4.78 is 5.86. The molecule has 0 bridgehead atoms. The normalized spacial score (nSPS) is 24.3. The fraction of sp³-hybridized carbons (Fsp3) is 0.550. The van der Waals surface area contributed by atoms with E-state index >= 15 is 0 Å². The van der Waals surface area contributed by atoms with Crippen LogP contribution in [-0.4, -0.2) is 95.9 Å². The Morgan fingerprint density at radius 3 is 2.70 bits per heavy atom. The largest absolute Gasteiger partial charge is 0.464 e. The quantitative estimate of drug-likeness (QED) is 0.179. The number of methoxy groups -OCH3 is 1. The van der Waals surface area contributed by atoms with Crippen molar-refractivity contribution in [2.45, 2.75) is 24.3 Å². The molecule has 1 aromatic rings. The monoisotopic (exact) mass is 495 g/mol. The molecule has 13 heteroatoms. The zero-order chi connectivity index (χ0) is 23.8. The van der Waals surface area contributed by atoms with Gasteiger partial charge in [0.05, 0.1) is 27.2 Å². The molecular formula is C20H27N6O5S2+. The fourth-order valence-electron chi connectivity index (χ4n) is 4.51. The SMILES string of the molecule is CO/N=C(\C(=O)N[C@@H]1C(=O)N2C(C(=O)OC)=C(C[N+]3(C)CCCC3)CS[C@H]12)c1csc(N)n1. The van der Waals surface area contributed by atoms with Crippen molar-refractivity contribution in [1.29, 1.82) is 0 Å². The number of nitrogen functional groups attached to an aromatic ring is 1. The highest BCUT2D eigenvalue weighted by atomic mass is 32.2. The van der Waals surface area contributed by atoms with Crippen molar-refractivity contribution in [3.05, 3.63) is 22.3 Å². The van der Waals surface area contributed by atoms with Crippen molar-refractivity contribution in [3.63, 3.8) is 0 Å². The van der Waals surface area contributed by atoms with Gasteiger partial charge in [0.15, 0.2) is 10.8 Å². The van der Waals surface area contributed by atoms with Crippen LogP contribution in [0, 0.1) is 0 Å². The van der Waals surface area contributed by atoms with Gasteiger partial charge >= 0.3 is 5.97 Å². The number of nitrogens with one attached hydrogen (secondary N) is 1. The number of likely N-dealkylation sites (tertiary alicyclic amines) is 1. The first-order chi connectivity index (χ1) is 15.8. The van der Waals surface area contributed by atoms with E-state index < -0.39 is 23.3 Å². The molecule has 11 nitrogen and oxygen atoms in total. The lowest BCUT2D eigenvalue weighted by atomic mass is 10.0. The van der Waals surface area contributed by atoms with Crippen LogP contribution < -0.4 is 11.1 Å². The third-order valence-corrected chi connectivity index (χ3v) is 8.11. The molecule has 4 rings (SSSR count). The van der Waals surface area contributed by atoms with Crippen LogP contribution in [0.3, 0.4) is 0 Å². The number of carbonyl (C=O) groups is 3. The van der Waals surface area contributed by atoms with Crippen molar-refractivity contribution in [3.8, 4) is 0 Å². The number of rotatable bonds is 7. The van der Waals surface area contributed by atoms with Gasteiger partial charge in [-0.1, -0.05) is 5.16 Å². The Hall–Kier alpha value is -2.64. The summed E-state index contributed by atoms with van der Waals surface area (Å²) in [5, 5.41) is 7.93. The van der Waals surface area contributed by atoms with Crippen molar-refractivity contribution in [2.75, 3.05) is 52.4 Å². The number of oxime groups is 1. The molecule has 0 unspecified atom stereocenters. The number of hydrogen-bond acceptors (Lipinski definition) is 10. The Labute approximate surface area is 199 Å². The number of thiazole rings is 1. The molecule has 0 spiro atoms. The summed E-state index contributed by atoms with van der Waals surface area (Å²) in [7, 11) is 4.80. The van der Waals surface area contributed by atoms with Crippen molar-refractivity contribution < 1.29 is 28.4 Å². The highest BCUT2D eigenvalue weighted by molar-refractivity contribution is 8.00. The number of thioether (sulfide) groups is 1. The van der Waals surface area contributed by atoms with E-state index in [2.05, 4.69) is 22.5 Å². The molecule has 2 fully saturated rings. The molecular weight excluding hydrogens is 468 g/mol. The van der Waals surface area contributed by atoms with E-state index in [9.17, 15) is 14.4 Å². The van der Waals surface area contributed by atoms with Crippen LogP contribution in [0.4, 0.5) is 5.13 Å².